The highest BCUT2D eigenvalue weighted by atomic mass is 32.1. The summed E-state index contributed by atoms with van der Waals surface area (Å²) >= 11 is 1.92. The summed E-state index contributed by atoms with van der Waals surface area (Å²) in [4.78, 5) is 11.5. The third-order valence-corrected chi connectivity index (χ3v) is 15.8. The molecule has 0 bridgehead atoms. The van der Waals surface area contributed by atoms with E-state index in [1.165, 1.54) is 108 Å². The number of aliphatic imine (C=N–C) groups is 2. The van der Waals surface area contributed by atoms with E-state index in [1.807, 2.05) is 11.3 Å². The predicted molar refractivity (Wildman–Crippen MR) is 289 cm³/mol. The smallest absolute Gasteiger partial charge is 0.156 e. The fourth-order valence-corrected chi connectivity index (χ4v) is 12.6. The molecule has 2 unspecified atom stereocenters. The Morgan fingerprint density at radius 3 is 1.79 bits per heavy atom. The fraction of sp³-hybridized carbons (Fsp3) is 0.0938. The molecule has 2 nitrogen and oxygen atoms in total. The van der Waals surface area contributed by atoms with Gasteiger partial charge in [-0.1, -0.05) is 190 Å². The van der Waals surface area contributed by atoms with Crippen LogP contribution in [0.25, 0.3) is 85.2 Å². The van der Waals surface area contributed by atoms with Gasteiger partial charge in [-0.3, -0.25) is 4.99 Å². The molecular weight excluding hydrogens is 829 g/mol. The standard InChI is InChI=1S/C64H46N2S/c1-38-33-42-18-4-5-19-43(42)34-55(38)57-36-45-21-7-6-20-44(45)35-56(57)39(2)47-31-32-54(60-53-28-14-15-30-59(53)67-63(47)60)61-40(3)62(66-64(65-61)52-29-16-23-41-17-8-10-24-48(41)52)58-37-46-22-9-11-25-49(46)50-26-12-13-27-51(50)58/h4-37,39-40,62H,1-3H3/t39-,40?,62?/m0/s1. The van der Waals surface area contributed by atoms with Crippen molar-refractivity contribution in [2.45, 2.75) is 32.7 Å². The lowest BCUT2D eigenvalue weighted by molar-refractivity contribution is 0.597. The molecule has 13 rings (SSSR count). The van der Waals surface area contributed by atoms with Gasteiger partial charge in [0.05, 0.1) is 11.8 Å². The number of hydrogen-bond donors (Lipinski definition) is 0. The van der Waals surface area contributed by atoms with Gasteiger partial charge in [-0.2, -0.15) is 0 Å². The molecule has 1 aliphatic rings. The Hall–Kier alpha value is -7.72. The van der Waals surface area contributed by atoms with Crippen molar-refractivity contribution in [1.29, 1.82) is 0 Å². The molecule has 0 fully saturated rings. The van der Waals surface area contributed by atoms with E-state index in [0.29, 0.717) is 0 Å². The van der Waals surface area contributed by atoms with Crippen LogP contribution < -0.4 is 0 Å². The summed E-state index contributed by atoms with van der Waals surface area (Å²) in [6.07, 6.45) is 0. The molecule has 0 N–H and O–H groups in total. The van der Waals surface area contributed by atoms with Crippen LogP contribution in [-0.4, -0.2) is 11.5 Å². The number of fused-ring (bicyclic) bond motifs is 9. The molecule has 0 radical (unpaired) electrons. The van der Waals surface area contributed by atoms with Crippen molar-refractivity contribution in [2.75, 3.05) is 0 Å². The van der Waals surface area contributed by atoms with Gasteiger partial charge in [0, 0.05) is 43.1 Å². The molecule has 0 saturated heterocycles. The Kier molecular flexibility index (Phi) is 9.30. The average molecular weight is 875 g/mol. The molecule has 11 aromatic carbocycles. The largest absolute Gasteiger partial charge is 0.257 e. The van der Waals surface area contributed by atoms with Crippen LogP contribution in [0.15, 0.2) is 216 Å². The van der Waals surface area contributed by atoms with E-state index in [4.69, 9.17) is 9.98 Å². The van der Waals surface area contributed by atoms with Crippen molar-refractivity contribution in [3.05, 3.63) is 240 Å². The summed E-state index contributed by atoms with van der Waals surface area (Å²) in [6.45, 7) is 7.02. The van der Waals surface area contributed by atoms with Crippen LogP contribution in [-0.2, 0) is 0 Å². The monoisotopic (exact) mass is 874 g/mol. The lowest BCUT2D eigenvalue weighted by Gasteiger charge is -2.30. The molecule has 67 heavy (non-hydrogen) atoms. The summed E-state index contributed by atoms with van der Waals surface area (Å²) in [6, 6.07) is 76.0. The highest BCUT2D eigenvalue weighted by Gasteiger charge is 2.33. The SMILES string of the molecule is Cc1cc2ccccc2cc1-c1cc2ccccc2cc1[C@@H](C)c1ccc(C2=NC(c3cccc4ccccc34)=NC(c3cc4ccccc4c4ccccc34)C2C)c2c1sc1ccccc12. The molecule has 2 heterocycles. The van der Waals surface area contributed by atoms with Gasteiger partial charge < -0.3 is 0 Å². The molecule has 12 aromatic rings. The first-order valence-electron chi connectivity index (χ1n) is 23.5. The number of nitrogens with zero attached hydrogens (tertiary/aromatic N) is 2. The second-order valence-electron chi connectivity index (χ2n) is 18.5. The molecule has 1 aromatic heterocycles. The number of rotatable bonds is 6. The quantitative estimate of drug-likeness (QED) is 0.149. The topological polar surface area (TPSA) is 24.7 Å². The number of thiophene rings is 1. The van der Waals surface area contributed by atoms with Crippen molar-refractivity contribution in [3.63, 3.8) is 0 Å². The lowest BCUT2D eigenvalue weighted by atomic mass is 9.80. The minimum Gasteiger partial charge on any atom is -0.257 e. The fourth-order valence-electron chi connectivity index (χ4n) is 11.2. The number of benzene rings is 11. The first-order valence-corrected chi connectivity index (χ1v) is 24.3. The molecule has 0 spiro atoms. The predicted octanol–water partition coefficient (Wildman–Crippen LogP) is 17.6. The molecule has 3 heteroatoms. The third-order valence-electron chi connectivity index (χ3n) is 14.6. The van der Waals surface area contributed by atoms with E-state index >= 15 is 0 Å². The summed E-state index contributed by atoms with van der Waals surface area (Å²) in [5.41, 5.74) is 11.1. The maximum absolute atomic E-state index is 5.73. The number of hydrogen-bond acceptors (Lipinski definition) is 3. The van der Waals surface area contributed by atoms with Crippen LogP contribution in [0.1, 0.15) is 59.2 Å². The van der Waals surface area contributed by atoms with Crippen molar-refractivity contribution in [2.24, 2.45) is 15.9 Å². The van der Waals surface area contributed by atoms with Crippen LogP contribution in [0, 0.1) is 12.8 Å². The van der Waals surface area contributed by atoms with E-state index in [9.17, 15) is 0 Å². The highest BCUT2D eigenvalue weighted by Crippen LogP contribution is 2.47. The zero-order valence-corrected chi connectivity index (χ0v) is 38.5. The summed E-state index contributed by atoms with van der Waals surface area (Å²) < 4.78 is 2.60. The van der Waals surface area contributed by atoms with Crippen LogP contribution in [0.3, 0.4) is 0 Å². The van der Waals surface area contributed by atoms with Gasteiger partial charge in [0.1, 0.15) is 0 Å². The second kappa shape index (κ2) is 15.7. The minimum atomic E-state index is -0.181. The molecular formula is C64H46N2S. The summed E-state index contributed by atoms with van der Waals surface area (Å²) in [5, 5.41) is 14.9. The maximum Gasteiger partial charge on any atom is 0.156 e. The van der Waals surface area contributed by atoms with Gasteiger partial charge in [-0.05, 0) is 124 Å². The van der Waals surface area contributed by atoms with Crippen LogP contribution >= 0.6 is 11.3 Å². The van der Waals surface area contributed by atoms with E-state index in [0.717, 1.165) is 22.5 Å². The van der Waals surface area contributed by atoms with Gasteiger partial charge in [0.15, 0.2) is 5.84 Å². The molecule has 0 saturated carbocycles. The number of aryl methyl sites for hydroxylation is 1. The van der Waals surface area contributed by atoms with Crippen molar-refractivity contribution in [3.8, 4) is 11.1 Å². The first kappa shape index (κ1) is 39.6. The molecule has 318 valence electrons. The summed E-state index contributed by atoms with van der Waals surface area (Å²) in [5.74, 6) is 0.838. The van der Waals surface area contributed by atoms with Crippen molar-refractivity contribution >= 4 is 96.9 Å². The number of amidine groups is 1. The normalized spacial score (nSPS) is 15.8. The first-order chi connectivity index (χ1) is 33.0. The van der Waals surface area contributed by atoms with E-state index < -0.39 is 0 Å². The molecule has 3 atom stereocenters. The zero-order valence-electron chi connectivity index (χ0n) is 37.7. The van der Waals surface area contributed by atoms with Gasteiger partial charge in [0.25, 0.3) is 0 Å². The van der Waals surface area contributed by atoms with Gasteiger partial charge in [0.2, 0.25) is 0 Å². The lowest BCUT2D eigenvalue weighted by Crippen LogP contribution is -2.27. The Labute approximate surface area is 394 Å². The molecule has 0 aliphatic carbocycles. The van der Waals surface area contributed by atoms with Crippen LogP contribution in [0.4, 0.5) is 0 Å². The molecule has 1 aliphatic heterocycles. The van der Waals surface area contributed by atoms with Gasteiger partial charge >= 0.3 is 0 Å². The Balaban J connectivity index is 1.04. The average Bonchev–Trinajstić information content (AvgIpc) is 3.77. The third kappa shape index (κ3) is 6.44. The summed E-state index contributed by atoms with van der Waals surface area (Å²) in [7, 11) is 0. The van der Waals surface area contributed by atoms with Crippen molar-refractivity contribution in [1.82, 2.24) is 0 Å². The van der Waals surface area contributed by atoms with Crippen molar-refractivity contribution < 1.29 is 0 Å². The Morgan fingerprint density at radius 1 is 0.448 bits per heavy atom. The van der Waals surface area contributed by atoms with E-state index in [2.05, 4.69) is 227 Å². The highest BCUT2D eigenvalue weighted by molar-refractivity contribution is 7.26. The van der Waals surface area contributed by atoms with Crippen LogP contribution in [0.5, 0.6) is 0 Å². The second-order valence-corrected chi connectivity index (χ2v) is 19.5. The van der Waals surface area contributed by atoms with E-state index in [-0.39, 0.29) is 17.9 Å². The van der Waals surface area contributed by atoms with E-state index in [1.54, 1.807) is 0 Å². The zero-order chi connectivity index (χ0) is 44.8. The van der Waals surface area contributed by atoms with Crippen LogP contribution in [0.2, 0.25) is 0 Å². The Morgan fingerprint density at radius 2 is 1.03 bits per heavy atom. The van der Waals surface area contributed by atoms with Gasteiger partial charge in [-0.15, -0.1) is 11.3 Å². The maximum atomic E-state index is 5.73. The Bertz CT molecular complexity index is 4050. The van der Waals surface area contributed by atoms with Gasteiger partial charge in [-0.25, -0.2) is 4.99 Å². The minimum absolute atomic E-state index is 0.0311. The molecule has 0 amide bonds.